The number of carbonyl (C=O) groups is 1. The van der Waals surface area contributed by atoms with Crippen LogP contribution in [0.5, 0.6) is 0 Å². The van der Waals surface area contributed by atoms with Gasteiger partial charge in [-0.2, -0.15) is 0 Å². The van der Waals surface area contributed by atoms with E-state index in [9.17, 15) is 18.4 Å². The molecule has 2 aliphatic rings. The van der Waals surface area contributed by atoms with E-state index in [0.29, 0.717) is 25.1 Å². The van der Waals surface area contributed by atoms with Gasteiger partial charge in [0, 0.05) is 24.6 Å². The molecule has 0 bridgehead atoms. The van der Waals surface area contributed by atoms with Crippen molar-refractivity contribution < 1.29 is 18.4 Å². The van der Waals surface area contributed by atoms with Crippen LogP contribution in [0.25, 0.3) is 0 Å². The lowest BCUT2D eigenvalue weighted by Gasteiger charge is -2.45. The number of carbonyl (C=O) groups excluding carboxylic acids is 2. The minimum absolute atomic E-state index is 0.0176. The molecule has 0 saturated heterocycles. The summed E-state index contributed by atoms with van der Waals surface area (Å²) in [6, 6.07) is 3.24. The average molecular weight is 420 g/mol. The molecule has 7 heteroatoms. The highest BCUT2D eigenvalue weighted by molar-refractivity contribution is 5.74. The van der Waals surface area contributed by atoms with Gasteiger partial charge in [0.05, 0.1) is 6.04 Å². The van der Waals surface area contributed by atoms with Gasteiger partial charge in [0.1, 0.15) is 11.6 Å². The molecule has 1 aromatic rings. The normalized spacial score (nSPS) is 32.1. The molecule has 0 spiro atoms. The summed E-state index contributed by atoms with van der Waals surface area (Å²) in [6.07, 6.45) is 4.87. The molecule has 0 radical (unpaired) electrons. The van der Waals surface area contributed by atoms with E-state index in [0.717, 1.165) is 25.3 Å². The SMILES string of the molecule is CC1CC1(CNC(=O)NCC1(C)CC(N=C=O)CC(C)(C)C1)c1ccc(F)cc1F. The Morgan fingerprint density at radius 1 is 1.17 bits per heavy atom. The third-order valence-electron chi connectivity index (χ3n) is 6.82. The predicted octanol–water partition coefficient (Wildman–Crippen LogP) is 4.46. The number of benzene rings is 1. The third-order valence-corrected chi connectivity index (χ3v) is 6.82. The highest BCUT2D eigenvalue weighted by Crippen LogP contribution is 2.54. The molecule has 4 atom stereocenters. The van der Waals surface area contributed by atoms with Crippen LogP contribution in [0.15, 0.2) is 23.2 Å². The van der Waals surface area contributed by atoms with Gasteiger partial charge in [-0.15, -0.1) is 0 Å². The van der Waals surface area contributed by atoms with Crippen LogP contribution in [0.3, 0.4) is 0 Å². The van der Waals surface area contributed by atoms with E-state index in [-0.39, 0.29) is 28.8 Å². The average Bonchev–Trinajstić information content (AvgIpc) is 3.27. The van der Waals surface area contributed by atoms with Crippen molar-refractivity contribution in [2.75, 3.05) is 13.1 Å². The van der Waals surface area contributed by atoms with E-state index in [1.165, 1.54) is 12.1 Å². The third kappa shape index (κ3) is 4.89. The van der Waals surface area contributed by atoms with Crippen LogP contribution in [0.4, 0.5) is 13.6 Å². The maximum atomic E-state index is 14.3. The van der Waals surface area contributed by atoms with E-state index in [1.807, 2.05) is 6.92 Å². The first kappa shape index (κ1) is 22.4. The lowest BCUT2D eigenvalue weighted by Crippen LogP contribution is -2.48. The smallest absolute Gasteiger partial charge is 0.314 e. The van der Waals surface area contributed by atoms with Crippen molar-refractivity contribution in [1.29, 1.82) is 0 Å². The Hall–Kier alpha value is -2.27. The number of nitrogens with zero attached hydrogens (tertiary/aromatic N) is 1. The Morgan fingerprint density at radius 2 is 1.83 bits per heavy atom. The lowest BCUT2D eigenvalue weighted by molar-refractivity contribution is 0.0850. The zero-order valence-corrected chi connectivity index (χ0v) is 18.1. The molecule has 4 unspecified atom stereocenters. The minimum atomic E-state index is -0.605. The molecule has 30 heavy (non-hydrogen) atoms. The van der Waals surface area contributed by atoms with E-state index in [1.54, 1.807) is 6.08 Å². The number of urea groups is 1. The van der Waals surface area contributed by atoms with E-state index in [2.05, 4.69) is 36.4 Å². The molecule has 1 aromatic carbocycles. The van der Waals surface area contributed by atoms with Crippen molar-refractivity contribution in [3.05, 3.63) is 35.4 Å². The zero-order chi connectivity index (χ0) is 22.2. The molecule has 2 aliphatic carbocycles. The molecule has 0 heterocycles. The number of halogens is 2. The van der Waals surface area contributed by atoms with Crippen LogP contribution in [0, 0.1) is 28.4 Å². The summed E-state index contributed by atoms with van der Waals surface area (Å²) in [6.45, 7) is 9.14. The van der Waals surface area contributed by atoms with Crippen molar-refractivity contribution in [3.8, 4) is 0 Å². The summed E-state index contributed by atoms with van der Waals surface area (Å²) in [7, 11) is 0. The highest BCUT2D eigenvalue weighted by atomic mass is 19.1. The topological polar surface area (TPSA) is 70.6 Å². The molecular formula is C23H31F2N3O2. The summed E-state index contributed by atoms with van der Waals surface area (Å²) in [5, 5.41) is 5.81. The first-order valence-corrected chi connectivity index (χ1v) is 10.5. The monoisotopic (exact) mass is 419 g/mol. The Bertz CT molecular complexity index is 868. The van der Waals surface area contributed by atoms with Crippen LogP contribution in [0.1, 0.15) is 58.9 Å². The molecule has 2 saturated carbocycles. The fourth-order valence-electron chi connectivity index (χ4n) is 5.57. The summed E-state index contributed by atoms with van der Waals surface area (Å²) in [5.74, 6) is -0.970. The second-order valence-electron chi connectivity index (χ2n) is 10.4. The molecule has 164 valence electrons. The molecule has 5 nitrogen and oxygen atoms in total. The first-order chi connectivity index (χ1) is 14.0. The Balaban J connectivity index is 1.58. The summed E-state index contributed by atoms with van der Waals surface area (Å²) < 4.78 is 27.6. The quantitative estimate of drug-likeness (QED) is 0.528. The first-order valence-electron chi connectivity index (χ1n) is 10.5. The summed E-state index contributed by atoms with van der Waals surface area (Å²) in [4.78, 5) is 27.1. The predicted molar refractivity (Wildman–Crippen MR) is 111 cm³/mol. The second-order valence-corrected chi connectivity index (χ2v) is 10.4. The van der Waals surface area contributed by atoms with E-state index in [4.69, 9.17) is 0 Å². The molecule has 2 amide bonds. The maximum Gasteiger partial charge on any atom is 0.314 e. The number of isocyanates is 1. The molecule has 3 rings (SSSR count). The van der Waals surface area contributed by atoms with Crippen LogP contribution in [0.2, 0.25) is 0 Å². The minimum Gasteiger partial charge on any atom is -0.338 e. The molecule has 0 aromatic heterocycles. The van der Waals surface area contributed by atoms with E-state index >= 15 is 0 Å². The maximum absolute atomic E-state index is 14.3. The van der Waals surface area contributed by atoms with Gasteiger partial charge >= 0.3 is 6.03 Å². The fourth-order valence-corrected chi connectivity index (χ4v) is 5.57. The van der Waals surface area contributed by atoms with Gasteiger partial charge in [-0.1, -0.05) is 33.8 Å². The molecule has 2 N–H and O–H groups in total. The standard InChI is InChI=1S/C23H31F2N3O2/c1-15-8-23(15,18-6-5-16(24)7-19(18)25)13-27-20(30)26-12-22(4)10-17(28-14-29)9-21(2,3)11-22/h5-7,15,17H,8-13H2,1-4H3,(H2,26,27,30). The second kappa shape index (κ2) is 8.10. The van der Waals surface area contributed by atoms with Gasteiger partial charge in [0.2, 0.25) is 6.08 Å². The molecular weight excluding hydrogens is 388 g/mol. The number of hydrogen-bond acceptors (Lipinski definition) is 3. The number of amides is 2. The number of rotatable bonds is 6. The largest absolute Gasteiger partial charge is 0.338 e. The number of hydrogen-bond donors (Lipinski definition) is 2. The highest BCUT2D eigenvalue weighted by Gasteiger charge is 2.53. The number of aliphatic imine (C=N–C) groups is 1. The van der Waals surface area contributed by atoms with Gasteiger partial charge < -0.3 is 10.6 Å². The van der Waals surface area contributed by atoms with Crippen LogP contribution < -0.4 is 10.6 Å². The Kier molecular flexibility index (Phi) is 6.06. The van der Waals surface area contributed by atoms with Crippen molar-refractivity contribution in [2.24, 2.45) is 21.7 Å². The fraction of sp³-hybridized carbons (Fsp3) is 0.652. The van der Waals surface area contributed by atoms with Gasteiger partial charge in [-0.3, -0.25) is 0 Å². The Labute approximate surface area is 176 Å². The molecule has 0 aliphatic heterocycles. The van der Waals surface area contributed by atoms with Crippen LogP contribution >= 0.6 is 0 Å². The van der Waals surface area contributed by atoms with Crippen LogP contribution in [-0.4, -0.2) is 31.2 Å². The van der Waals surface area contributed by atoms with Crippen LogP contribution in [-0.2, 0) is 10.2 Å². The van der Waals surface area contributed by atoms with Gasteiger partial charge in [0.25, 0.3) is 0 Å². The van der Waals surface area contributed by atoms with Gasteiger partial charge in [-0.05, 0) is 54.1 Å². The summed E-state index contributed by atoms with van der Waals surface area (Å²) >= 11 is 0. The van der Waals surface area contributed by atoms with E-state index < -0.39 is 17.0 Å². The lowest BCUT2D eigenvalue weighted by atomic mass is 9.63. The van der Waals surface area contributed by atoms with Crippen molar-refractivity contribution in [2.45, 2.75) is 64.8 Å². The van der Waals surface area contributed by atoms with Gasteiger partial charge in [0.15, 0.2) is 0 Å². The molecule has 2 fully saturated rings. The van der Waals surface area contributed by atoms with Crippen molar-refractivity contribution in [3.63, 3.8) is 0 Å². The summed E-state index contributed by atoms with van der Waals surface area (Å²) in [5.41, 5.74) is -0.204. The Morgan fingerprint density at radius 3 is 2.43 bits per heavy atom. The van der Waals surface area contributed by atoms with Crippen molar-refractivity contribution in [1.82, 2.24) is 10.6 Å². The van der Waals surface area contributed by atoms with Gasteiger partial charge in [-0.25, -0.2) is 23.4 Å². The zero-order valence-electron chi connectivity index (χ0n) is 18.1. The van der Waals surface area contributed by atoms with Crippen molar-refractivity contribution >= 4 is 12.1 Å². The number of nitrogens with one attached hydrogen (secondary N) is 2.